The minimum Gasteiger partial charge on any atom is -0.364 e. The van der Waals surface area contributed by atoms with Gasteiger partial charge in [-0.05, 0) is 40.8 Å². The van der Waals surface area contributed by atoms with Gasteiger partial charge in [-0.15, -0.1) is 0 Å². The van der Waals surface area contributed by atoms with Crippen LogP contribution >= 0.6 is 0 Å². The molecule has 0 unspecified atom stereocenters. The maximum Gasteiger partial charge on any atom is 0.135 e. The second-order valence-corrected chi connectivity index (χ2v) is 6.76. The van der Waals surface area contributed by atoms with Gasteiger partial charge in [-0.25, -0.2) is 4.98 Å². The Hall–Kier alpha value is -3.99. The number of hydrogen-bond acceptors (Lipinski definition) is 4. The topological polar surface area (TPSA) is 66.5 Å². The molecule has 3 aromatic heterocycles. The van der Waals surface area contributed by atoms with Crippen LogP contribution in [0.25, 0.3) is 33.3 Å². The summed E-state index contributed by atoms with van der Waals surface area (Å²) in [7, 11) is 0. The third-order valence-corrected chi connectivity index (χ3v) is 4.87. The summed E-state index contributed by atoms with van der Waals surface area (Å²) in [6.45, 7) is 0.593. The van der Waals surface area contributed by atoms with Crippen LogP contribution in [0.5, 0.6) is 0 Å². The number of rotatable bonds is 5. The minimum atomic E-state index is 0.593. The zero-order valence-corrected chi connectivity index (χ0v) is 15.7. The molecule has 0 spiro atoms. The van der Waals surface area contributed by atoms with Crippen LogP contribution in [-0.4, -0.2) is 20.2 Å². The number of fused-ring (bicyclic) bond motifs is 1. The van der Waals surface area contributed by atoms with Gasteiger partial charge in [0.15, 0.2) is 0 Å². The molecule has 29 heavy (non-hydrogen) atoms. The van der Waals surface area contributed by atoms with Crippen LogP contribution in [0, 0.1) is 0 Å². The van der Waals surface area contributed by atoms with Crippen molar-refractivity contribution in [1.29, 1.82) is 0 Å². The van der Waals surface area contributed by atoms with Crippen LogP contribution in [-0.2, 0) is 6.54 Å². The maximum absolute atomic E-state index is 4.92. The van der Waals surface area contributed by atoms with Gasteiger partial charge in [0.05, 0.1) is 17.9 Å². The summed E-state index contributed by atoms with van der Waals surface area (Å²) in [5, 5.41) is 12.9. The molecular formula is C24H19N5. The predicted molar refractivity (Wildman–Crippen MR) is 116 cm³/mol. The molecule has 5 heteroatoms. The Morgan fingerprint density at radius 3 is 2.52 bits per heavy atom. The fourth-order valence-corrected chi connectivity index (χ4v) is 3.51. The van der Waals surface area contributed by atoms with Crippen molar-refractivity contribution < 1.29 is 0 Å². The lowest BCUT2D eigenvalue weighted by atomic mass is 9.98. The number of hydrogen-bond donors (Lipinski definition) is 2. The van der Waals surface area contributed by atoms with Gasteiger partial charge in [0.2, 0.25) is 0 Å². The number of H-pyrrole nitrogens is 1. The molecular weight excluding hydrogens is 358 g/mol. The number of aromatic nitrogens is 4. The molecule has 5 rings (SSSR count). The summed E-state index contributed by atoms with van der Waals surface area (Å²) in [6.07, 6.45) is 3.61. The molecule has 0 amide bonds. The lowest BCUT2D eigenvalue weighted by Gasteiger charge is -2.14. The highest BCUT2D eigenvalue weighted by Crippen LogP contribution is 2.35. The molecule has 0 atom stereocenters. The zero-order valence-electron chi connectivity index (χ0n) is 15.7. The Morgan fingerprint density at radius 2 is 1.72 bits per heavy atom. The van der Waals surface area contributed by atoms with E-state index in [1.54, 1.807) is 6.20 Å². The summed E-state index contributed by atoms with van der Waals surface area (Å²) in [6, 6.07) is 26.7. The highest BCUT2D eigenvalue weighted by atomic mass is 15.1. The molecule has 140 valence electrons. The molecule has 0 radical (unpaired) electrons. The van der Waals surface area contributed by atoms with E-state index in [4.69, 9.17) is 4.98 Å². The van der Waals surface area contributed by atoms with E-state index in [0.29, 0.717) is 6.54 Å². The Morgan fingerprint density at radius 1 is 0.828 bits per heavy atom. The van der Waals surface area contributed by atoms with Gasteiger partial charge >= 0.3 is 0 Å². The molecule has 0 fully saturated rings. The third kappa shape index (κ3) is 3.46. The largest absolute Gasteiger partial charge is 0.364 e. The van der Waals surface area contributed by atoms with E-state index >= 15 is 0 Å². The monoisotopic (exact) mass is 377 g/mol. The quantitative estimate of drug-likeness (QED) is 0.436. The molecule has 0 aliphatic carbocycles. The van der Waals surface area contributed by atoms with Crippen LogP contribution < -0.4 is 5.32 Å². The first kappa shape index (κ1) is 17.1. The van der Waals surface area contributed by atoms with Crippen molar-refractivity contribution in [1.82, 2.24) is 20.2 Å². The zero-order chi connectivity index (χ0) is 19.5. The van der Waals surface area contributed by atoms with E-state index in [-0.39, 0.29) is 0 Å². The summed E-state index contributed by atoms with van der Waals surface area (Å²) < 4.78 is 0. The molecule has 3 heterocycles. The van der Waals surface area contributed by atoms with Gasteiger partial charge < -0.3 is 5.32 Å². The molecule has 2 N–H and O–H groups in total. The molecule has 2 aromatic carbocycles. The first-order valence-electron chi connectivity index (χ1n) is 9.51. The third-order valence-electron chi connectivity index (χ3n) is 4.87. The van der Waals surface area contributed by atoms with E-state index in [9.17, 15) is 0 Å². The fraction of sp³-hybridized carbons (Fsp3) is 0.0417. The summed E-state index contributed by atoms with van der Waals surface area (Å²) in [4.78, 5) is 9.34. The van der Waals surface area contributed by atoms with Crippen molar-refractivity contribution in [3.8, 4) is 22.5 Å². The average molecular weight is 377 g/mol. The standard InChI is InChI=1S/C24H19N5/c1-2-7-17(8-3-1)20-11-6-9-18-15-22(21-12-14-27-29-21)28-24(23(18)20)26-16-19-10-4-5-13-25-19/h1-15H,16H2,(H,26,28)(H,27,29). The first-order chi connectivity index (χ1) is 14.4. The van der Waals surface area contributed by atoms with Crippen molar-refractivity contribution in [2.75, 3.05) is 5.32 Å². The van der Waals surface area contributed by atoms with Crippen LogP contribution in [0.3, 0.4) is 0 Å². The van der Waals surface area contributed by atoms with E-state index in [2.05, 4.69) is 69.0 Å². The summed E-state index contributed by atoms with van der Waals surface area (Å²) in [5.74, 6) is 0.825. The van der Waals surface area contributed by atoms with Crippen LogP contribution in [0.15, 0.2) is 91.3 Å². The average Bonchev–Trinajstić information content (AvgIpc) is 3.33. The number of nitrogens with zero attached hydrogens (tertiary/aromatic N) is 3. The van der Waals surface area contributed by atoms with Crippen molar-refractivity contribution in [2.45, 2.75) is 6.54 Å². The number of benzene rings is 2. The number of pyridine rings is 2. The first-order valence-corrected chi connectivity index (χ1v) is 9.51. The van der Waals surface area contributed by atoms with Gasteiger partial charge in [0.25, 0.3) is 0 Å². The van der Waals surface area contributed by atoms with Crippen molar-refractivity contribution in [3.05, 3.63) is 97.0 Å². The normalized spacial score (nSPS) is 10.9. The molecule has 0 bridgehead atoms. The second-order valence-electron chi connectivity index (χ2n) is 6.76. The number of nitrogens with one attached hydrogen (secondary N) is 2. The van der Waals surface area contributed by atoms with Gasteiger partial charge in [0, 0.05) is 17.8 Å². The van der Waals surface area contributed by atoms with E-state index in [0.717, 1.165) is 44.8 Å². The van der Waals surface area contributed by atoms with Crippen LogP contribution in [0.4, 0.5) is 5.82 Å². The van der Waals surface area contributed by atoms with Gasteiger partial charge in [-0.3, -0.25) is 10.1 Å². The van der Waals surface area contributed by atoms with Gasteiger partial charge in [-0.1, -0.05) is 54.6 Å². The summed E-state index contributed by atoms with van der Waals surface area (Å²) >= 11 is 0. The number of anilines is 1. The Kier molecular flexibility index (Phi) is 4.47. The lowest BCUT2D eigenvalue weighted by molar-refractivity contribution is 1.03. The highest BCUT2D eigenvalue weighted by Gasteiger charge is 2.13. The molecule has 0 saturated heterocycles. The Labute approximate surface area is 168 Å². The fourth-order valence-electron chi connectivity index (χ4n) is 3.51. The lowest BCUT2D eigenvalue weighted by Crippen LogP contribution is -2.05. The Bertz CT molecular complexity index is 1230. The second kappa shape index (κ2) is 7.56. The molecule has 0 saturated carbocycles. The van der Waals surface area contributed by atoms with E-state index < -0.39 is 0 Å². The maximum atomic E-state index is 4.92. The molecule has 0 aliphatic rings. The van der Waals surface area contributed by atoms with Gasteiger partial charge in [-0.2, -0.15) is 5.10 Å². The molecule has 5 nitrogen and oxygen atoms in total. The van der Waals surface area contributed by atoms with E-state index in [1.807, 2.05) is 36.5 Å². The van der Waals surface area contributed by atoms with Gasteiger partial charge in [0.1, 0.15) is 11.5 Å². The van der Waals surface area contributed by atoms with Crippen molar-refractivity contribution in [2.24, 2.45) is 0 Å². The van der Waals surface area contributed by atoms with Crippen LogP contribution in [0.1, 0.15) is 5.69 Å². The Balaban J connectivity index is 1.68. The molecule has 0 aliphatic heterocycles. The SMILES string of the molecule is c1ccc(-c2cccc3cc(-c4cc[nH]n4)nc(NCc4ccccn4)c23)cc1. The minimum absolute atomic E-state index is 0.593. The highest BCUT2D eigenvalue weighted by molar-refractivity contribution is 6.04. The van der Waals surface area contributed by atoms with Crippen LogP contribution in [0.2, 0.25) is 0 Å². The number of aromatic amines is 1. The smallest absolute Gasteiger partial charge is 0.135 e. The predicted octanol–water partition coefficient (Wildman–Crippen LogP) is 5.30. The van der Waals surface area contributed by atoms with Crippen molar-refractivity contribution in [3.63, 3.8) is 0 Å². The summed E-state index contributed by atoms with van der Waals surface area (Å²) in [5.41, 5.74) is 4.91. The molecule has 5 aromatic rings. The van der Waals surface area contributed by atoms with Crippen molar-refractivity contribution >= 4 is 16.6 Å². The van der Waals surface area contributed by atoms with E-state index in [1.165, 1.54) is 0 Å².